The average Bonchev–Trinajstić information content (AvgIpc) is 2.67. The summed E-state index contributed by atoms with van der Waals surface area (Å²) in [7, 11) is -3.10. The first-order chi connectivity index (χ1) is 12.1. The molecule has 0 aromatic heterocycles. The Labute approximate surface area is 151 Å². The van der Waals surface area contributed by atoms with Crippen molar-refractivity contribution in [3.8, 4) is 0 Å². The average molecular weight is 371 g/mol. The maximum Gasteiger partial charge on any atom is 0.340 e. The molecule has 126 valence electrons. The van der Waals surface area contributed by atoms with E-state index >= 15 is 0 Å². The van der Waals surface area contributed by atoms with Crippen molar-refractivity contribution in [2.75, 3.05) is 6.35 Å². The lowest BCUT2D eigenvalue weighted by molar-refractivity contribution is 0.0572. The maximum absolute atomic E-state index is 13.7. The van der Waals surface area contributed by atoms with E-state index < -0.39 is 13.1 Å². The number of benzene rings is 3. The van der Waals surface area contributed by atoms with Gasteiger partial charge in [0.25, 0.3) is 0 Å². The van der Waals surface area contributed by atoms with Gasteiger partial charge in [0.15, 0.2) is 13.5 Å². The van der Waals surface area contributed by atoms with Gasteiger partial charge >= 0.3 is 5.97 Å². The molecular weight excluding hydrogens is 355 g/mol. The Morgan fingerprint density at radius 3 is 1.80 bits per heavy atom. The molecule has 3 nitrogen and oxygen atoms in total. The normalized spacial score (nSPS) is 11.1. The van der Waals surface area contributed by atoms with E-state index in [1.807, 2.05) is 36.4 Å². The molecule has 3 rings (SSSR count). The minimum atomic E-state index is -3.10. The van der Waals surface area contributed by atoms with Gasteiger partial charge in [-0.05, 0) is 12.1 Å². The van der Waals surface area contributed by atoms with Gasteiger partial charge in [0.2, 0.25) is 0 Å². The molecule has 3 aromatic carbocycles. The van der Waals surface area contributed by atoms with Gasteiger partial charge in [0, 0.05) is 10.6 Å². The Balaban J connectivity index is 1.91. The van der Waals surface area contributed by atoms with Crippen molar-refractivity contribution >= 4 is 35.3 Å². The molecule has 0 amide bonds. The van der Waals surface area contributed by atoms with E-state index in [9.17, 15) is 9.36 Å². The van der Waals surface area contributed by atoms with Crippen LogP contribution in [0.15, 0.2) is 84.9 Å². The monoisotopic (exact) mass is 370 g/mol. The lowest BCUT2D eigenvalue weighted by atomic mass is 10.2. The van der Waals surface area contributed by atoms with E-state index in [1.165, 1.54) is 0 Å². The van der Waals surface area contributed by atoms with E-state index in [0.29, 0.717) is 15.6 Å². The molecule has 0 N–H and O–H groups in total. The van der Waals surface area contributed by atoms with Gasteiger partial charge in [0.05, 0.1) is 10.6 Å². The van der Waals surface area contributed by atoms with Crippen molar-refractivity contribution in [2.24, 2.45) is 0 Å². The van der Waals surface area contributed by atoms with Gasteiger partial charge in [-0.3, -0.25) is 0 Å². The standard InChI is InChI=1S/C20H16ClO3P/c21-19-14-8-7-13-18(19)20(22)24-15-25(23,16-9-3-1-4-10-16)17-11-5-2-6-12-17/h1-14H,15H2. The summed E-state index contributed by atoms with van der Waals surface area (Å²) in [5, 5.41) is 1.60. The highest BCUT2D eigenvalue weighted by Crippen LogP contribution is 2.43. The maximum atomic E-state index is 13.7. The lowest BCUT2D eigenvalue weighted by Crippen LogP contribution is -2.21. The highest BCUT2D eigenvalue weighted by Gasteiger charge is 2.29. The third kappa shape index (κ3) is 3.84. The van der Waals surface area contributed by atoms with Gasteiger partial charge in [-0.25, -0.2) is 4.79 Å². The topological polar surface area (TPSA) is 43.4 Å². The largest absolute Gasteiger partial charge is 0.453 e. The summed E-state index contributed by atoms with van der Waals surface area (Å²) in [4.78, 5) is 12.3. The van der Waals surface area contributed by atoms with E-state index in [-0.39, 0.29) is 11.9 Å². The molecule has 0 unspecified atom stereocenters. The van der Waals surface area contributed by atoms with Crippen LogP contribution in [0.1, 0.15) is 10.4 Å². The summed E-state index contributed by atoms with van der Waals surface area (Å²) >= 11 is 6.03. The van der Waals surface area contributed by atoms with E-state index in [0.717, 1.165) is 0 Å². The fraction of sp³-hybridized carbons (Fsp3) is 0.0500. The highest BCUT2D eigenvalue weighted by molar-refractivity contribution is 7.78. The number of ether oxygens (including phenoxy) is 1. The Morgan fingerprint density at radius 1 is 0.800 bits per heavy atom. The van der Waals surface area contributed by atoms with E-state index in [1.54, 1.807) is 48.5 Å². The third-order valence-electron chi connectivity index (χ3n) is 3.82. The van der Waals surface area contributed by atoms with Crippen LogP contribution in [0.2, 0.25) is 5.02 Å². The molecule has 0 bridgehead atoms. The van der Waals surface area contributed by atoms with E-state index in [4.69, 9.17) is 16.3 Å². The molecule has 0 aliphatic heterocycles. The molecule has 0 aliphatic rings. The summed E-state index contributed by atoms with van der Waals surface area (Å²) in [5.74, 6) is -0.585. The highest BCUT2D eigenvalue weighted by atomic mass is 35.5. The zero-order valence-corrected chi connectivity index (χ0v) is 15.0. The summed E-state index contributed by atoms with van der Waals surface area (Å²) in [5.41, 5.74) is 0.261. The quantitative estimate of drug-likeness (QED) is 0.491. The predicted molar refractivity (Wildman–Crippen MR) is 101 cm³/mol. The fourth-order valence-corrected chi connectivity index (χ4v) is 4.91. The minimum Gasteiger partial charge on any atom is -0.453 e. The number of halogens is 1. The zero-order valence-electron chi connectivity index (χ0n) is 13.3. The lowest BCUT2D eigenvalue weighted by Gasteiger charge is -2.19. The van der Waals surface area contributed by atoms with Crippen LogP contribution < -0.4 is 10.6 Å². The SMILES string of the molecule is O=C(OCP(=O)(c1ccccc1)c1ccccc1)c1ccccc1Cl. The van der Waals surface area contributed by atoms with Crippen molar-refractivity contribution in [2.45, 2.75) is 0 Å². The molecule has 0 saturated heterocycles. The third-order valence-corrected chi connectivity index (χ3v) is 6.90. The Morgan fingerprint density at radius 2 is 1.28 bits per heavy atom. The molecule has 0 spiro atoms. The molecule has 0 radical (unpaired) electrons. The Hall–Kier alpha value is -2.35. The summed E-state index contributed by atoms with van der Waals surface area (Å²) in [6, 6.07) is 24.8. The smallest absolute Gasteiger partial charge is 0.340 e. The van der Waals surface area contributed by atoms with Crippen molar-refractivity contribution in [1.82, 2.24) is 0 Å². The Kier molecular flexibility index (Phi) is 5.37. The fourth-order valence-electron chi connectivity index (χ4n) is 2.49. The second-order valence-corrected chi connectivity index (χ2v) is 8.63. The molecule has 5 heteroatoms. The van der Waals surface area contributed by atoms with Crippen molar-refractivity contribution < 1.29 is 14.1 Å². The molecule has 0 heterocycles. The van der Waals surface area contributed by atoms with Gasteiger partial charge in [0.1, 0.15) is 0 Å². The van der Waals surface area contributed by atoms with Gasteiger partial charge in [-0.1, -0.05) is 84.4 Å². The number of esters is 1. The first kappa shape index (κ1) is 17.5. The molecule has 0 saturated carbocycles. The number of carbonyl (C=O) groups is 1. The van der Waals surface area contributed by atoms with Crippen molar-refractivity contribution in [1.29, 1.82) is 0 Å². The first-order valence-electron chi connectivity index (χ1n) is 7.73. The van der Waals surface area contributed by atoms with Crippen LogP contribution in [-0.2, 0) is 9.30 Å². The number of hydrogen-bond acceptors (Lipinski definition) is 3. The summed E-state index contributed by atoms with van der Waals surface area (Å²) in [6.45, 7) is 0. The van der Waals surface area contributed by atoms with Gasteiger partial charge in [-0.2, -0.15) is 0 Å². The number of rotatable bonds is 5. The first-order valence-corrected chi connectivity index (χ1v) is 10.0. The van der Waals surface area contributed by atoms with Crippen LogP contribution in [-0.4, -0.2) is 12.3 Å². The molecule has 3 aromatic rings. The van der Waals surface area contributed by atoms with Crippen LogP contribution in [0.5, 0.6) is 0 Å². The van der Waals surface area contributed by atoms with Crippen molar-refractivity contribution in [3.05, 3.63) is 95.5 Å². The molecular formula is C20H16ClO3P. The summed E-state index contributed by atoms with van der Waals surface area (Å²) < 4.78 is 19.1. The Bertz CT molecular complexity index is 867. The van der Waals surface area contributed by atoms with Crippen LogP contribution in [0.4, 0.5) is 0 Å². The molecule has 25 heavy (non-hydrogen) atoms. The minimum absolute atomic E-state index is 0.217. The number of hydrogen-bond donors (Lipinski definition) is 0. The molecule has 0 aliphatic carbocycles. The zero-order chi connectivity index (χ0) is 17.7. The van der Waals surface area contributed by atoms with Crippen LogP contribution in [0.25, 0.3) is 0 Å². The van der Waals surface area contributed by atoms with Gasteiger partial charge < -0.3 is 9.30 Å². The van der Waals surface area contributed by atoms with E-state index in [2.05, 4.69) is 0 Å². The molecule has 0 fully saturated rings. The predicted octanol–water partition coefficient (Wildman–Crippen LogP) is 4.47. The van der Waals surface area contributed by atoms with Crippen LogP contribution in [0.3, 0.4) is 0 Å². The van der Waals surface area contributed by atoms with Crippen LogP contribution in [0, 0.1) is 0 Å². The second kappa shape index (κ2) is 7.69. The molecule has 0 atom stereocenters. The second-order valence-electron chi connectivity index (χ2n) is 5.45. The van der Waals surface area contributed by atoms with Crippen molar-refractivity contribution in [3.63, 3.8) is 0 Å². The van der Waals surface area contributed by atoms with Gasteiger partial charge in [-0.15, -0.1) is 0 Å². The summed E-state index contributed by atoms with van der Waals surface area (Å²) in [6.07, 6.45) is -0.217. The van der Waals surface area contributed by atoms with Crippen LogP contribution >= 0.6 is 18.7 Å². The number of carbonyl (C=O) groups excluding carboxylic acids is 1.